The van der Waals surface area contributed by atoms with Crippen molar-refractivity contribution in [3.63, 3.8) is 0 Å². The number of benzene rings is 2. The van der Waals surface area contributed by atoms with E-state index in [1.54, 1.807) is 37.3 Å². The van der Waals surface area contributed by atoms with Crippen molar-refractivity contribution in [2.75, 3.05) is 6.61 Å². The maximum absolute atomic E-state index is 14.1. The van der Waals surface area contributed by atoms with Gasteiger partial charge in [-0.25, -0.2) is 9.18 Å². The maximum Gasteiger partial charge on any atom is 0.349 e. The number of nitrogens with zero attached hydrogens (tertiary/aromatic N) is 1. The Morgan fingerprint density at radius 1 is 1.44 bits per heavy atom. The molecule has 2 rings (SSSR count). The average molecular weight is 341 g/mol. The minimum atomic E-state index is -1.39. The zero-order valence-corrected chi connectivity index (χ0v) is 13.5. The highest BCUT2D eigenvalue weighted by atomic mass is 19.1. The number of hydrogen-bond acceptors (Lipinski definition) is 4. The van der Waals surface area contributed by atoms with Crippen molar-refractivity contribution in [3.05, 3.63) is 71.6 Å². The van der Waals surface area contributed by atoms with Crippen molar-refractivity contribution in [2.45, 2.75) is 13.0 Å². The summed E-state index contributed by atoms with van der Waals surface area (Å²) in [6.45, 7) is 5.37. The number of hydrogen-bond donors (Lipinski definition) is 1. The molecular formula is C19H16FNO4. The third-order valence-electron chi connectivity index (χ3n) is 3.45. The van der Waals surface area contributed by atoms with Gasteiger partial charge in [-0.3, -0.25) is 0 Å². The van der Waals surface area contributed by atoms with Crippen LogP contribution in [0.4, 0.5) is 4.39 Å². The molecule has 0 bridgehead atoms. The molecule has 5 nitrogen and oxygen atoms in total. The van der Waals surface area contributed by atoms with E-state index in [4.69, 9.17) is 14.7 Å². The standard InChI is InChI=1S/C19H16FNO4/c1-3-8-24-13-9-16(20)15(11-21)17(10-13)25-18(19(22)23)14-7-5-4-6-12(14)2/h3-7,9-10,18H,1,8H2,2H3,(H,22,23). The number of halogens is 1. The van der Waals surface area contributed by atoms with Crippen LogP contribution in [-0.4, -0.2) is 17.7 Å². The lowest BCUT2D eigenvalue weighted by Crippen LogP contribution is -2.20. The Kier molecular flexibility index (Phi) is 5.75. The Morgan fingerprint density at radius 3 is 2.76 bits per heavy atom. The normalized spacial score (nSPS) is 11.2. The van der Waals surface area contributed by atoms with Crippen molar-refractivity contribution < 1.29 is 23.8 Å². The van der Waals surface area contributed by atoms with Gasteiger partial charge in [0.15, 0.2) is 0 Å². The topological polar surface area (TPSA) is 79.5 Å². The number of rotatable bonds is 7. The monoisotopic (exact) mass is 341 g/mol. The maximum atomic E-state index is 14.1. The molecule has 1 N–H and O–H groups in total. The van der Waals surface area contributed by atoms with E-state index in [2.05, 4.69) is 6.58 Å². The second-order valence-electron chi connectivity index (χ2n) is 5.18. The zero-order valence-electron chi connectivity index (χ0n) is 13.5. The molecule has 128 valence electrons. The minimum absolute atomic E-state index is 0.111. The van der Waals surface area contributed by atoms with Gasteiger partial charge in [0.05, 0.1) is 0 Å². The van der Waals surface area contributed by atoms with Crippen LogP contribution in [0.1, 0.15) is 22.8 Å². The largest absolute Gasteiger partial charge is 0.489 e. The van der Waals surface area contributed by atoms with E-state index in [1.165, 1.54) is 12.1 Å². The van der Waals surface area contributed by atoms with Gasteiger partial charge >= 0.3 is 5.97 Å². The Morgan fingerprint density at radius 2 is 2.16 bits per heavy atom. The minimum Gasteiger partial charge on any atom is -0.489 e. The molecule has 0 spiro atoms. The molecule has 0 aliphatic rings. The molecule has 0 fully saturated rings. The van der Waals surface area contributed by atoms with Crippen LogP contribution < -0.4 is 9.47 Å². The highest BCUT2D eigenvalue weighted by molar-refractivity contribution is 5.75. The summed E-state index contributed by atoms with van der Waals surface area (Å²) in [6, 6.07) is 10.8. The smallest absolute Gasteiger partial charge is 0.349 e. The highest BCUT2D eigenvalue weighted by Crippen LogP contribution is 2.32. The Hall–Kier alpha value is -3.33. The summed E-state index contributed by atoms with van der Waals surface area (Å²) < 4.78 is 24.9. The van der Waals surface area contributed by atoms with Crippen LogP contribution in [0.2, 0.25) is 0 Å². The van der Waals surface area contributed by atoms with E-state index in [1.807, 2.05) is 0 Å². The number of carboxylic acid groups (broad SMARTS) is 1. The second kappa shape index (κ2) is 7.97. The first-order valence-corrected chi connectivity index (χ1v) is 7.40. The number of carbonyl (C=O) groups is 1. The lowest BCUT2D eigenvalue weighted by molar-refractivity contribution is -0.145. The van der Waals surface area contributed by atoms with Gasteiger partial charge in [0.1, 0.15) is 35.6 Å². The van der Waals surface area contributed by atoms with E-state index >= 15 is 0 Å². The van der Waals surface area contributed by atoms with Gasteiger partial charge in [0.25, 0.3) is 0 Å². The molecule has 0 aliphatic heterocycles. The van der Waals surface area contributed by atoms with E-state index in [9.17, 15) is 14.3 Å². The number of aliphatic carboxylic acids is 1. The molecule has 1 atom stereocenters. The summed E-state index contributed by atoms with van der Waals surface area (Å²) in [4.78, 5) is 11.7. The van der Waals surface area contributed by atoms with Crippen LogP contribution in [0.5, 0.6) is 11.5 Å². The van der Waals surface area contributed by atoms with E-state index in [0.29, 0.717) is 11.1 Å². The third-order valence-corrected chi connectivity index (χ3v) is 3.45. The van der Waals surface area contributed by atoms with Gasteiger partial charge in [-0.05, 0) is 12.5 Å². The number of carboxylic acids is 1. The molecule has 0 aromatic heterocycles. The molecule has 0 aliphatic carbocycles. The highest BCUT2D eigenvalue weighted by Gasteiger charge is 2.26. The third kappa shape index (κ3) is 4.15. The SMILES string of the molecule is C=CCOc1cc(F)c(C#N)c(OC(C(=O)O)c2ccccc2C)c1. The fraction of sp³-hybridized carbons (Fsp3) is 0.158. The second-order valence-corrected chi connectivity index (χ2v) is 5.18. The molecule has 0 amide bonds. The van der Waals surface area contributed by atoms with Crippen molar-refractivity contribution in [3.8, 4) is 17.6 Å². The zero-order chi connectivity index (χ0) is 18.4. The summed E-state index contributed by atoms with van der Waals surface area (Å²) in [5.41, 5.74) is 0.732. The van der Waals surface area contributed by atoms with Crippen LogP contribution in [0.3, 0.4) is 0 Å². The molecule has 0 radical (unpaired) electrons. The summed E-state index contributed by atoms with van der Waals surface area (Å²) in [7, 11) is 0. The van der Waals surface area contributed by atoms with E-state index < -0.39 is 17.9 Å². The summed E-state index contributed by atoms with van der Waals surface area (Å²) in [6.07, 6.45) is 0.0895. The Bertz CT molecular complexity index is 842. The summed E-state index contributed by atoms with van der Waals surface area (Å²) in [5, 5.41) is 18.7. The van der Waals surface area contributed by atoms with Gasteiger partial charge in [-0.15, -0.1) is 0 Å². The molecule has 0 saturated carbocycles. The lowest BCUT2D eigenvalue weighted by Gasteiger charge is -2.19. The quantitative estimate of drug-likeness (QED) is 0.775. The van der Waals surface area contributed by atoms with Crippen LogP contribution in [0.15, 0.2) is 49.1 Å². The Balaban J connectivity index is 2.46. The Labute approximate surface area is 144 Å². The van der Waals surface area contributed by atoms with Crippen molar-refractivity contribution >= 4 is 5.97 Å². The summed E-state index contributed by atoms with van der Waals surface area (Å²) >= 11 is 0. The molecule has 25 heavy (non-hydrogen) atoms. The van der Waals surface area contributed by atoms with Crippen molar-refractivity contribution in [2.24, 2.45) is 0 Å². The van der Waals surface area contributed by atoms with Gasteiger partial charge in [-0.1, -0.05) is 36.9 Å². The van der Waals surface area contributed by atoms with Crippen LogP contribution in [0.25, 0.3) is 0 Å². The number of ether oxygens (including phenoxy) is 2. The van der Waals surface area contributed by atoms with Gasteiger partial charge in [-0.2, -0.15) is 5.26 Å². The molecular weight excluding hydrogens is 325 g/mol. The molecule has 0 saturated heterocycles. The van der Waals surface area contributed by atoms with Crippen molar-refractivity contribution in [1.29, 1.82) is 5.26 Å². The van der Waals surface area contributed by atoms with Crippen molar-refractivity contribution in [1.82, 2.24) is 0 Å². The molecule has 6 heteroatoms. The fourth-order valence-corrected chi connectivity index (χ4v) is 2.25. The molecule has 2 aromatic rings. The lowest BCUT2D eigenvalue weighted by atomic mass is 10.0. The number of nitriles is 1. The first-order valence-electron chi connectivity index (χ1n) is 7.40. The van der Waals surface area contributed by atoms with Crippen LogP contribution in [-0.2, 0) is 4.79 Å². The summed E-state index contributed by atoms with van der Waals surface area (Å²) in [5.74, 6) is -2.19. The predicted octanol–water partition coefficient (Wildman–Crippen LogP) is 3.78. The number of aryl methyl sites for hydroxylation is 1. The first-order chi connectivity index (χ1) is 12.0. The van der Waals surface area contributed by atoms with Gasteiger partial charge in [0.2, 0.25) is 6.10 Å². The predicted molar refractivity (Wildman–Crippen MR) is 89.0 cm³/mol. The molecule has 0 heterocycles. The average Bonchev–Trinajstić information content (AvgIpc) is 2.58. The first kappa shape index (κ1) is 18.0. The molecule has 2 aromatic carbocycles. The van der Waals surface area contributed by atoms with Crippen LogP contribution >= 0.6 is 0 Å². The van der Waals surface area contributed by atoms with E-state index in [-0.39, 0.29) is 23.7 Å². The van der Waals surface area contributed by atoms with Crippen LogP contribution in [0, 0.1) is 24.1 Å². The van der Waals surface area contributed by atoms with Gasteiger partial charge < -0.3 is 14.6 Å². The molecule has 1 unspecified atom stereocenters. The fourth-order valence-electron chi connectivity index (χ4n) is 2.25. The van der Waals surface area contributed by atoms with Gasteiger partial charge in [0, 0.05) is 17.7 Å². The van der Waals surface area contributed by atoms with E-state index in [0.717, 1.165) is 6.07 Å².